The van der Waals surface area contributed by atoms with E-state index < -0.39 is 22.7 Å². The first-order chi connectivity index (χ1) is 14.8. The lowest BCUT2D eigenvalue weighted by Crippen LogP contribution is -2.16. The van der Waals surface area contributed by atoms with Crippen LogP contribution in [-0.2, 0) is 22.3 Å². The van der Waals surface area contributed by atoms with Gasteiger partial charge in [0.2, 0.25) is 5.91 Å². The maximum absolute atomic E-state index is 13.0. The summed E-state index contributed by atoms with van der Waals surface area (Å²) in [5.41, 5.74) is -0.211. The van der Waals surface area contributed by atoms with Gasteiger partial charge in [0.25, 0.3) is 0 Å². The lowest BCUT2D eigenvalue weighted by Gasteiger charge is -2.12. The first-order valence-corrected chi connectivity index (χ1v) is 10.3. The smallest absolute Gasteiger partial charge is 0.383 e. The van der Waals surface area contributed by atoms with Crippen LogP contribution in [-0.4, -0.2) is 45.1 Å². The second-order valence-electron chi connectivity index (χ2n) is 6.22. The van der Waals surface area contributed by atoms with Gasteiger partial charge in [0.1, 0.15) is 0 Å². The van der Waals surface area contributed by atoms with Gasteiger partial charge in [-0.25, -0.2) is 0 Å². The van der Waals surface area contributed by atoms with Gasteiger partial charge in [-0.1, -0.05) is 23.4 Å². The number of hydrogen-bond acceptors (Lipinski definition) is 6. The molecule has 0 spiro atoms. The van der Waals surface area contributed by atoms with Crippen LogP contribution in [0.2, 0.25) is 5.02 Å². The second kappa shape index (κ2) is 10.1. The van der Waals surface area contributed by atoms with Crippen molar-refractivity contribution in [3.8, 4) is 11.4 Å². The van der Waals surface area contributed by atoms with E-state index in [4.69, 9.17) is 16.3 Å². The first kappa shape index (κ1) is 23.0. The lowest BCUT2D eigenvalue weighted by atomic mass is 10.2. The molecule has 0 fully saturated rings. The molecule has 0 aliphatic rings. The largest absolute Gasteiger partial charge is 0.417 e. The van der Waals surface area contributed by atoms with Crippen molar-refractivity contribution in [1.82, 2.24) is 19.7 Å². The molecule has 2 heterocycles. The van der Waals surface area contributed by atoms with Crippen molar-refractivity contribution >= 4 is 35.0 Å². The molecule has 0 saturated carbocycles. The summed E-state index contributed by atoms with van der Waals surface area (Å²) in [7, 11) is 1.57. The Bertz CT molecular complexity index is 1050. The number of halogens is 4. The van der Waals surface area contributed by atoms with Gasteiger partial charge >= 0.3 is 6.18 Å². The molecule has 0 saturated heterocycles. The zero-order valence-corrected chi connectivity index (χ0v) is 17.8. The van der Waals surface area contributed by atoms with Crippen LogP contribution in [0.15, 0.2) is 47.9 Å². The van der Waals surface area contributed by atoms with Crippen LogP contribution in [0.25, 0.3) is 11.4 Å². The van der Waals surface area contributed by atoms with E-state index in [9.17, 15) is 18.0 Å². The minimum atomic E-state index is -4.62. The van der Waals surface area contributed by atoms with E-state index in [-0.39, 0.29) is 11.4 Å². The van der Waals surface area contributed by atoms with Crippen molar-refractivity contribution < 1.29 is 22.7 Å². The molecule has 0 bridgehead atoms. The van der Waals surface area contributed by atoms with Crippen LogP contribution in [0.5, 0.6) is 0 Å². The Morgan fingerprint density at radius 3 is 2.65 bits per heavy atom. The highest BCUT2D eigenvalue weighted by molar-refractivity contribution is 7.99. The summed E-state index contributed by atoms with van der Waals surface area (Å²) in [6.07, 6.45) is -1.35. The Balaban J connectivity index is 1.71. The van der Waals surface area contributed by atoms with E-state index in [1.807, 2.05) is 0 Å². The highest BCUT2D eigenvalue weighted by Crippen LogP contribution is 2.36. The van der Waals surface area contributed by atoms with E-state index in [0.29, 0.717) is 24.1 Å². The maximum Gasteiger partial charge on any atom is 0.417 e. The fourth-order valence-electron chi connectivity index (χ4n) is 2.64. The summed E-state index contributed by atoms with van der Waals surface area (Å²) in [4.78, 5) is 16.3. The molecule has 3 aromatic rings. The van der Waals surface area contributed by atoms with Crippen molar-refractivity contribution in [3.05, 3.63) is 53.3 Å². The third kappa shape index (κ3) is 5.96. The number of ether oxygens (including phenoxy) is 1. The number of benzene rings is 1. The van der Waals surface area contributed by atoms with Crippen molar-refractivity contribution in [1.29, 1.82) is 0 Å². The topological polar surface area (TPSA) is 81.9 Å². The number of anilines is 1. The molecule has 7 nitrogen and oxygen atoms in total. The Hall–Kier alpha value is -2.63. The van der Waals surface area contributed by atoms with Gasteiger partial charge in [0.15, 0.2) is 11.0 Å². The molecule has 1 aromatic carbocycles. The summed E-state index contributed by atoms with van der Waals surface area (Å²) < 4.78 is 45.9. The summed E-state index contributed by atoms with van der Waals surface area (Å²) in [6.45, 7) is 0.859. The minimum absolute atomic E-state index is 0.000601. The van der Waals surface area contributed by atoms with Gasteiger partial charge < -0.3 is 10.1 Å². The van der Waals surface area contributed by atoms with E-state index in [1.54, 1.807) is 36.2 Å². The molecular formula is C19H17ClF3N5O2S. The zero-order chi connectivity index (χ0) is 22.4. The van der Waals surface area contributed by atoms with Gasteiger partial charge in [-0.15, -0.1) is 10.2 Å². The lowest BCUT2D eigenvalue weighted by molar-refractivity contribution is -0.137. The standard InChI is InChI=1S/C19H17ClF3N5O2S/c1-30-9-8-28-17(12-4-6-24-7-5-12)26-27-18(28)31-11-16(29)25-13-2-3-15(20)14(10-13)19(21,22)23/h2-7,10H,8-9,11H2,1H3,(H,25,29). The number of pyridine rings is 1. The molecule has 3 rings (SSSR count). The molecule has 0 atom stereocenters. The normalized spacial score (nSPS) is 11.5. The van der Waals surface area contributed by atoms with Crippen LogP contribution in [0.3, 0.4) is 0 Å². The summed E-state index contributed by atoms with van der Waals surface area (Å²) in [6, 6.07) is 6.77. The van der Waals surface area contributed by atoms with E-state index >= 15 is 0 Å². The highest BCUT2D eigenvalue weighted by Gasteiger charge is 2.33. The minimum Gasteiger partial charge on any atom is -0.383 e. The Morgan fingerprint density at radius 2 is 1.97 bits per heavy atom. The molecule has 164 valence electrons. The van der Waals surface area contributed by atoms with E-state index in [0.717, 1.165) is 29.5 Å². The zero-order valence-electron chi connectivity index (χ0n) is 16.2. The number of thioether (sulfide) groups is 1. The average Bonchev–Trinajstić information content (AvgIpc) is 3.14. The first-order valence-electron chi connectivity index (χ1n) is 8.91. The number of alkyl halides is 3. The average molecular weight is 472 g/mol. The monoisotopic (exact) mass is 471 g/mol. The van der Waals surface area contributed by atoms with Crippen molar-refractivity contribution in [3.63, 3.8) is 0 Å². The summed E-state index contributed by atoms with van der Waals surface area (Å²) in [5, 5.41) is 10.8. The van der Waals surface area contributed by atoms with Crippen LogP contribution in [0, 0.1) is 0 Å². The molecule has 0 aliphatic heterocycles. The Labute approximate surface area is 185 Å². The van der Waals surface area contributed by atoms with E-state index in [1.165, 1.54) is 6.07 Å². The molecule has 1 N–H and O–H groups in total. The fraction of sp³-hybridized carbons (Fsp3) is 0.263. The Morgan fingerprint density at radius 1 is 1.23 bits per heavy atom. The summed E-state index contributed by atoms with van der Waals surface area (Å²) >= 11 is 6.71. The quantitative estimate of drug-likeness (QED) is 0.491. The maximum atomic E-state index is 13.0. The third-order valence-corrected chi connectivity index (χ3v) is 5.36. The number of amides is 1. The molecule has 31 heavy (non-hydrogen) atoms. The molecule has 0 unspecified atom stereocenters. The number of methoxy groups -OCH3 is 1. The van der Waals surface area contributed by atoms with Crippen molar-refractivity contribution in [2.45, 2.75) is 17.9 Å². The predicted molar refractivity (Wildman–Crippen MR) is 111 cm³/mol. The van der Waals surface area contributed by atoms with Gasteiger partial charge in [0, 0.05) is 30.8 Å². The number of hydrogen-bond donors (Lipinski definition) is 1. The Kier molecular flexibility index (Phi) is 7.52. The third-order valence-electron chi connectivity index (χ3n) is 4.06. The molecular weight excluding hydrogens is 455 g/mol. The van der Waals surface area contributed by atoms with Crippen LogP contribution in [0.4, 0.5) is 18.9 Å². The molecule has 1 amide bonds. The predicted octanol–water partition coefficient (Wildman–Crippen LogP) is 4.39. The fourth-order valence-corrected chi connectivity index (χ4v) is 3.63. The van der Waals surface area contributed by atoms with Crippen LogP contribution >= 0.6 is 23.4 Å². The van der Waals surface area contributed by atoms with Gasteiger partial charge in [-0.05, 0) is 30.3 Å². The molecule has 12 heteroatoms. The SMILES string of the molecule is COCCn1c(SCC(=O)Nc2ccc(Cl)c(C(F)(F)F)c2)nnc1-c1ccncc1. The molecule has 2 aromatic heterocycles. The number of rotatable bonds is 8. The van der Waals surface area contributed by atoms with Gasteiger partial charge in [-0.3, -0.25) is 14.3 Å². The van der Waals surface area contributed by atoms with Crippen LogP contribution in [0.1, 0.15) is 5.56 Å². The van der Waals surface area contributed by atoms with Gasteiger partial charge in [0.05, 0.1) is 29.5 Å². The molecule has 0 radical (unpaired) electrons. The molecule has 0 aliphatic carbocycles. The highest BCUT2D eigenvalue weighted by atomic mass is 35.5. The number of carbonyl (C=O) groups excluding carboxylic acids is 1. The number of nitrogens with zero attached hydrogens (tertiary/aromatic N) is 4. The van der Waals surface area contributed by atoms with Gasteiger partial charge in [-0.2, -0.15) is 13.2 Å². The van der Waals surface area contributed by atoms with Crippen LogP contribution < -0.4 is 5.32 Å². The van der Waals surface area contributed by atoms with Crippen molar-refractivity contribution in [2.24, 2.45) is 0 Å². The second-order valence-corrected chi connectivity index (χ2v) is 7.57. The van der Waals surface area contributed by atoms with E-state index in [2.05, 4.69) is 20.5 Å². The number of aromatic nitrogens is 4. The summed E-state index contributed by atoms with van der Waals surface area (Å²) in [5.74, 6) is 0.0212. The van der Waals surface area contributed by atoms with Crippen molar-refractivity contribution in [2.75, 3.05) is 24.8 Å². The number of nitrogens with one attached hydrogen (secondary N) is 1. The number of carbonyl (C=O) groups is 1.